The van der Waals surface area contributed by atoms with Crippen molar-refractivity contribution >= 4 is 28.9 Å². The van der Waals surface area contributed by atoms with E-state index < -0.39 is 23.5 Å². The van der Waals surface area contributed by atoms with Crippen molar-refractivity contribution in [1.82, 2.24) is 15.2 Å². The molecular formula is C29H41N3O4S. The maximum atomic E-state index is 13.6. The number of carbonyl (C=O) groups excluding carboxylic acids is 3. The topological polar surface area (TPSA) is 99.6 Å². The molecule has 2 heterocycles. The van der Waals surface area contributed by atoms with Gasteiger partial charge in [-0.1, -0.05) is 64.8 Å². The summed E-state index contributed by atoms with van der Waals surface area (Å²) in [5.74, 6) is -0.962. The number of ketones is 1. The number of amides is 2. The summed E-state index contributed by atoms with van der Waals surface area (Å²) in [7, 11) is 0. The third kappa shape index (κ3) is 7.71. The van der Waals surface area contributed by atoms with Gasteiger partial charge in [-0.05, 0) is 29.9 Å². The average molecular weight is 528 g/mol. The zero-order valence-electron chi connectivity index (χ0n) is 22.8. The molecule has 1 aromatic carbocycles. The zero-order chi connectivity index (χ0) is 27.2. The number of β-amino-alcohol motifs (C(OH)–C–C–N with tert-alkyl or cyclic N) is 1. The highest BCUT2D eigenvalue weighted by Gasteiger charge is 2.44. The van der Waals surface area contributed by atoms with Crippen molar-refractivity contribution in [2.45, 2.75) is 91.8 Å². The Morgan fingerprint density at radius 2 is 1.89 bits per heavy atom. The molecule has 3 atom stereocenters. The Bertz CT molecular complexity index is 1070. The van der Waals surface area contributed by atoms with Gasteiger partial charge in [0.2, 0.25) is 11.8 Å². The van der Waals surface area contributed by atoms with Gasteiger partial charge in [0, 0.05) is 38.3 Å². The number of rotatable bonds is 11. The number of nitrogens with one attached hydrogen (secondary N) is 1. The van der Waals surface area contributed by atoms with Crippen molar-refractivity contribution < 1.29 is 19.5 Å². The molecule has 2 aromatic rings. The van der Waals surface area contributed by atoms with E-state index >= 15 is 0 Å². The van der Waals surface area contributed by atoms with E-state index in [-0.39, 0.29) is 37.0 Å². The van der Waals surface area contributed by atoms with Crippen LogP contribution in [0.2, 0.25) is 0 Å². The monoisotopic (exact) mass is 527 g/mol. The lowest BCUT2D eigenvalue weighted by atomic mass is 9.76. The van der Waals surface area contributed by atoms with Crippen LogP contribution in [0.3, 0.4) is 0 Å². The van der Waals surface area contributed by atoms with Gasteiger partial charge >= 0.3 is 0 Å². The second kappa shape index (κ2) is 12.8. The Morgan fingerprint density at radius 1 is 1.19 bits per heavy atom. The molecule has 0 bridgehead atoms. The Kier molecular flexibility index (Phi) is 10.0. The number of hydrogen-bond acceptors (Lipinski definition) is 6. The molecule has 1 aliphatic rings. The number of nitrogens with zero attached hydrogens (tertiary/aromatic N) is 2. The highest BCUT2D eigenvalue weighted by atomic mass is 32.1. The molecule has 0 spiro atoms. The molecule has 0 saturated carbocycles. The fourth-order valence-corrected chi connectivity index (χ4v) is 5.64. The molecule has 0 aliphatic carbocycles. The van der Waals surface area contributed by atoms with E-state index in [1.807, 2.05) is 57.5 Å². The van der Waals surface area contributed by atoms with Crippen molar-refractivity contribution in [3.05, 3.63) is 41.0 Å². The van der Waals surface area contributed by atoms with E-state index in [1.54, 1.807) is 11.3 Å². The predicted octanol–water partition coefficient (Wildman–Crippen LogP) is 4.90. The van der Waals surface area contributed by atoms with Crippen molar-refractivity contribution in [3.63, 3.8) is 0 Å². The summed E-state index contributed by atoms with van der Waals surface area (Å²) in [4.78, 5) is 46.4. The molecule has 37 heavy (non-hydrogen) atoms. The second-order valence-electron chi connectivity index (χ2n) is 11.2. The van der Waals surface area contributed by atoms with Crippen LogP contribution >= 0.6 is 11.3 Å². The minimum atomic E-state index is -0.762. The van der Waals surface area contributed by atoms with Crippen molar-refractivity contribution in [2.75, 3.05) is 6.54 Å². The molecular weight excluding hydrogens is 486 g/mol. The first-order valence-electron chi connectivity index (χ1n) is 13.3. The van der Waals surface area contributed by atoms with Crippen LogP contribution in [0.1, 0.15) is 77.5 Å². The average Bonchev–Trinajstić information content (AvgIpc) is 3.46. The zero-order valence-corrected chi connectivity index (χ0v) is 23.6. The van der Waals surface area contributed by atoms with Gasteiger partial charge in [-0.15, -0.1) is 11.3 Å². The molecule has 1 fully saturated rings. The fourth-order valence-electron chi connectivity index (χ4n) is 4.83. The van der Waals surface area contributed by atoms with Crippen LogP contribution in [0.4, 0.5) is 0 Å². The van der Waals surface area contributed by atoms with Gasteiger partial charge in [-0.25, -0.2) is 4.98 Å². The molecule has 1 aromatic heterocycles. The van der Waals surface area contributed by atoms with Crippen LogP contribution in [0, 0.1) is 18.3 Å². The minimum absolute atomic E-state index is 0.0828. The van der Waals surface area contributed by atoms with E-state index in [9.17, 15) is 19.5 Å². The molecule has 2 amide bonds. The number of likely N-dealkylation sites (tertiary alicyclic amines) is 1. The molecule has 1 saturated heterocycles. The molecule has 7 nitrogen and oxygen atoms in total. The number of aromatic nitrogens is 1. The van der Waals surface area contributed by atoms with Crippen LogP contribution in [0.25, 0.3) is 10.4 Å². The molecule has 8 heteroatoms. The second-order valence-corrected chi connectivity index (χ2v) is 12.1. The lowest BCUT2D eigenvalue weighted by Gasteiger charge is -2.34. The third-order valence-electron chi connectivity index (χ3n) is 7.13. The first-order chi connectivity index (χ1) is 17.5. The number of carbonyl (C=O) groups is 3. The van der Waals surface area contributed by atoms with E-state index in [4.69, 9.17) is 0 Å². The Labute approximate surface area is 224 Å². The molecule has 0 unspecified atom stereocenters. The third-order valence-corrected chi connectivity index (χ3v) is 8.11. The van der Waals surface area contributed by atoms with Gasteiger partial charge in [0.1, 0.15) is 11.8 Å². The first-order valence-corrected chi connectivity index (χ1v) is 14.2. The molecule has 3 rings (SSSR count). The van der Waals surface area contributed by atoms with Crippen molar-refractivity contribution in [1.29, 1.82) is 0 Å². The van der Waals surface area contributed by atoms with Crippen LogP contribution in [-0.2, 0) is 20.9 Å². The predicted molar refractivity (Wildman–Crippen MR) is 147 cm³/mol. The number of aliphatic hydroxyl groups is 1. The van der Waals surface area contributed by atoms with Crippen molar-refractivity contribution in [3.8, 4) is 10.4 Å². The number of thiazole rings is 1. The van der Waals surface area contributed by atoms with Gasteiger partial charge < -0.3 is 15.3 Å². The van der Waals surface area contributed by atoms with E-state index in [0.717, 1.165) is 41.0 Å². The maximum Gasteiger partial charge on any atom is 0.243 e. The quantitative estimate of drug-likeness (QED) is 0.405. The van der Waals surface area contributed by atoms with Gasteiger partial charge in [0.05, 0.1) is 22.2 Å². The summed E-state index contributed by atoms with van der Waals surface area (Å²) in [5, 5.41) is 13.3. The minimum Gasteiger partial charge on any atom is -0.391 e. The van der Waals surface area contributed by atoms with E-state index in [1.165, 1.54) is 4.90 Å². The number of Topliss-reactive ketones (excluding diaryl/α,β-unsaturated/α-hetero) is 1. The van der Waals surface area contributed by atoms with Gasteiger partial charge in [0.15, 0.2) is 0 Å². The van der Waals surface area contributed by atoms with Crippen LogP contribution in [0.15, 0.2) is 29.8 Å². The Morgan fingerprint density at radius 3 is 2.49 bits per heavy atom. The highest BCUT2D eigenvalue weighted by molar-refractivity contribution is 7.13. The maximum absolute atomic E-state index is 13.6. The van der Waals surface area contributed by atoms with Crippen molar-refractivity contribution in [2.24, 2.45) is 11.3 Å². The van der Waals surface area contributed by atoms with E-state index in [2.05, 4.69) is 17.2 Å². The summed E-state index contributed by atoms with van der Waals surface area (Å²) in [6.07, 6.45) is 2.94. The summed E-state index contributed by atoms with van der Waals surface area (Å²) in [5.41, 5.74) is 4.41. The Hall–Kier alpha value is -2.58. The SMILES string of the molecule is CCCCCC(=O)C[C@H](C(=O)N1C[C@H](O)C[C@H]1C(=O)NCc1ccc(-c2scnc2C)cc1)C(C)(C)C. The molecule has 0 radical (unpaired) electrons. The summed E-state index contributed by atoms with van der Waals surface area (Å²) >= 11 is 1.60. The largest absolute Gasteiger partial charge is 0.391 e. The van der Waals surface area contributed by atoms with Gasteiger partial charge in [-0.2, -0.15) is 0 Å². The van der Waals surface area contributed by atoms with Gasteiger partial charge in [-0.3, -0.25) is 14.4 Å². The molecule has 202 valence electrons. The first kappa shape index (κ1) is 29.0. The standard InChI is InChI=1S/C29H41N3O4S/c1-6-7-8-9-22(33)14-24(29(3,4)5)28(36)32-17-23(34)15-25(32)27(35)30-16-20-10-12-21(13-11-20)26-19(2)31-18-37-26/h10-13,18,23-25,34H,6-9,14-17H2,1-5H3,(H,30,35)/t23-,24-,25+/m1/s1. The van der Waals surface area contributed by atoms with Crippen LogP contribution < -0.4 is 5.32 Å². The van der Waals surface area contributed by atoms with Crippen LogP contribution in [0.5, 0.6) is 0 Å². The van der Waals surface area contributed by atoms with Crippen LogP contribution in [-0.4, -0.2) is 51.3 Å². The smallest absolute Gasteiger partial charge is 0.243 e. The summed E-state index contributed by atoms with van der Waals surface area (Å²) in [6, 6.07) is 7.23. The fraction of sp³-hybridized carbons (Fsp3) is 0.586. The number of aliphatic hydroxyl groups excluding tert-OH is 1. The lowest BCUT2D eigenvalue weighted by molar-refractivity contribution is -0.146. The number of benzene rings is 1. The van der Waals surface area contributed by atoms with Gasteiger partial charge in [0.25, 0.3) is 0 Å². The molecule has 2 N–H and O–H groups in total. The summed E-state index contributed by atoms with van der Waals surface area (Å²) < 4.78 is 0. The Balaban J connectivity index is 1.65. The molecule has 1 aliphatic heterocycles. The summed E-state index contributed by atoms with van der Waals surface area (Å²) in [6.45, 7) is 10.4. The lowest BCUT2D eigenvalue weighted by Crippen LogP contribution is -2.50. The number of aryl methyl sites for hydroxylation is 1. The number of hydrogen-bond donors (Lipinski definition) is 2. The normalized spacial score (nSPS) is 18.6. The highest BCUT2D eigenvalue weighted by Crippen LogP contribution is 2.34. The van der Waals surface area contributed by atoms with E-state index in [0.29, 0.717) is 13.0 Å². The number of unbranched alkanes of at least 4 members (excludes halogenated alkanes) is 2.